The van der Waals surface area contributed by atoms with E-state index < -0.39 is 11.8 Å². The summed E-state index contributed by atoms with van der Waals surface area (Å²) in [7, 11) is 3.14. The Bertz CT molecular complexity index is 1260. The molecule has 194 valence electrons. The summed E-state index contributed by atoms with van der Waals surface area (Å²) in [5.41, 5.74) is 1.22. The number of benzene rings is 2. The summed E-state index contributed by atoms with van der Waals surface area (Å²) in [6.07, 6.45) is 0.693. The van der Waals surface area contributed by atoms with Gasteiger partial charge in [-0.1, -0.05) is 23.5 Å². The molecule has 0 spiro atoms. The lowest BCUT2D eigenvalue weighted by Crippen LogP contribution is -2.44. The SMILES string of the molecule is COc1ccc(OC)c2sc(N(CCCN3CCOCC3)C(=O)CN3C(=O)c4ccccc4C3=O)nc12. The molecule has 0 saturated carbocycles. The summed E-state index contributed by atoms with van der Waals surface area (Å²) in [5.74, 6) is -0.113. The van der Waals surface area contributed by atoms with Crippen LogP contribution < -0.4 is 14.4 Å². The highest BCUT2D eigenvalue weighted by Crippen LogP contribution is 2.40. The fraction of sp³-hybridized carbons (Fsp3) is 0.385. The summed E-state index contributed by atoms with van der Waals surface area (Å²) in [4.78, 5) is 49.1. The first-order chi connectivity index (χ1) is 18.0. The van der Waals surface area contributed by atoms with Gasteiger partial charge in [-0.3, -0.25) is 29.1 Å². The standard InChI is InChI=1S/C26H28N4O6S/c1-34-19-8-9-20(35-2)23-22(19)27-26(37-23)29(11-5-10-28-12-14-36-15-13-28)21(31)16-30-24(32)17-6-3-4-7-18(17)25(30)33/h3-4,6-9H,5,10-16H2,1-2H3. The van der Waals surface area contributed by atoms with Crippen molar-refractivity contribution in [1.82, 2.24) is 14.8 Å². The lowest BCUT2D eigenvalue weighted by Gasteiger charge is -2.28. The number of hydrogen-bond acceptors (Lipinski definition) is 9. The van der Waals surface area contributed by atoms with Crippen LogP contribution in [0.4, 0.5) is 5.13 Å². The quantitative estimate of drug-likeness (QED) is 0.394. The van der Waals surface area contributed by atoms with Crippen molar-refractivity contribution < 1.29 is 28.6 Å². The average molecular weight is 525 g/mol. The van der Waals surface area contributed by atoms with Crippen molar-refractivity contribution >= 4 is 44.4 Å². The second-order valence-electron chi connectivity index (χ2n) is 8.74. The van der Waals surface area contributed by atoms with Gasteiger partial charge >= 0.3 is 0 Å². The lowest BCUT2D eigenvalue weighted by atomic mass is 10.1. The monoisotopic (exact) mass is 524 g/mol. The van der Waals surface area contributed by atoms with Gasteiger partial charge in [-0.2, -0.15) is 0 Å². The Morgan fingerprint density at radius 1 is 1.03 bits per heavy atom. The number of imide groups is 1. The number of anilines is 1. The van der Waals surface area contributed by atoms with Gasteiger partial charge in [-0.25, -0.2) is 4.98 Å². The highest BCUT2D eigenvalue weighted by Gasteiger charge is 2.37. The highest BCUT2D eigenvalue weighted by atomic mass is 32.1. The summed E-state index contributed by atoms with van der Waals surface area (Å²) in [5, 5.41) is 0.460. The smallest absolute Gasteiger partial charge is 0.262 e. The third kappa shape index (κ3) is 4.89. The van der Waals surface area contributed by atoms with Crippen LogP contribution in [0.2, 0.25) is 0 Å². The number of carbonyl (C=O) groups is 3. The molecule has 2 aliphatic rings. The third-order valence-electron chi connectivity index (χ3n) is 6.56. The van der Waals surface area contributed by atoms with E-state index in [1.165, 1.54) is 11.3 Å². The van der Waals surface area contributed by atoms with Crippen molar-refractivity contribution in [1.29, 1.82) is 0 Å². The van der Waals surface area contributed by atoms with Crippen LogP contribution in [0.25, 0.3) is 10.2 Å². The number of methoxy groups -OCH3 is 2. The van der Waals surface area contributed by atoms with Crippen LogP contribution in [-0.2, 0) is 9.53 Å². The number of nitrogens with zero attached hydrogens (tertiary/aromatic N) is 4. The minimum absolute atomic E-state index is 0.314. The molecule has 0 bridgehead atoms. The largest absolute Gasteiger partial charge is 0.495 e. The lowest BCUT2D eigenvalue weighted by molar-refractivity contribution is -0.119. The summed E-state index contributed by atoms with van der Waals surface area (Å²) in [6, 6.07) is 10.2. The van der Waals surface area contributed by atoms with Crippen molar-refractivity contribution in [3.05, 3.63) is 47.5 Å². The number of aromatic nitrogens is 1. The van der Waals surface area contributed by atoms with Gasteiger partial charge in [0, 0.05) is 26.2 Å². The van der Waals surface area contributed by atoms with Gasteiger partial charge in [0.15, 0.2) is 5.13 Å². The molecular formula is C26H28N4O6S. The van der Waals surface area contributed by atoms with Crippen LogP contribution in [0.15, 0.2) is 36.4 Å². The minimum Gasteiger partial charge on any atom is -0.495 e. The number of thiazole rings is 1. The van der Waals surface area contributed by atoms with E-state index >= 15 is 0 Å². The first kappa shape index (κ1) is 25.1. The third-order valence-corrected chi connectivity index (χ3v) is 7.66. The van der Waals surface area contributed by atoms with Gasteiger partial charge in [0.25, 0.3) is 11.8 Å². The van der Waals surface area contributed by atoms with Crippen molar-refractivity contribution in [2.24, 2.45) is 0 Å². The zero-order chi connectivity index (χ0) is 25.9. The molecule has 0 unspecified atom stereocenters. The first-order valence-electron chi connectivity index (χ1n) is 12.1. The molecule has 3 aromatic rings. The van der Waals surface area contributed by atoms with Gasteiger partial charge < -0.3 is 14.2 Å². The number of fused-ring (bicyclic) bond motifs is 2. The topological polar surface area (TPSA) is 102 Å². The molecule has 2 aliphatic heterocycles. The Balaban J connectivity index is 1.42. The maximum absolute atomic E-state index is 13.7. The van der Waals surface area contributed by atoms with E-state index in [-0.39, 0.29) is 12.5 Å². The second kappa shape index (κ2) is 10.8. The molecule has 37 heavy (non-hydrogen) atoms. The second-order valence-corrected chi connectivity index (χ2v) is 9.72. The van der Waals surface area contributed by atoms with Crippen molar-refractivity contribution in [3.8, 4) is 11.5 Å². The van der Waals surface area contributed by atoms with Crippen LogP contribution in [0.3, 0.4) is 0 Å². The zero-order valence-corrected chi connectivity index (χ0v) is 21.6. The Morgan fingerprint density at radius 3 is 2.32 bits per heavy atom. The zero-order valence-electron chi connectivity index (χ0n) is 20.8. The Hall–Kier alpha value is -3.54. The number of amides is 3. The molecule has 0 radical (unpaired) electrons. The highest BCUT2D eigenvalue weighted by molar-refractivity contribution is 7.22. The molecule has 0 atom stereocenters. The minimum atomic E-state index is -0.463. The van der Waals surface area contributed by atoms with Gasteiger partial charge in [0.05, 0.1) is 38.6 Å². The van der Waals surface area contributed by atoms with Crippen LogP contribution in [0, 0.1) is 0 Å². The maximum Gasteiger partial charge on any atom is 0.262 e. The van der Waals surface area contributed by atoms with Gasteiger partial charge in [0.2, 0.25) is 5.91 Å². The van der Waals surface area contributed by atoms with Crippen molar-refractivity contribution in [2.75, 3.05) is 65.1 Å². The normalized spacial score (nSPS) is 15.8. The van der Waals surface area contributed by atoms with Crippen LogP contribution in [0.1, 0.15) is 27.1 Å². The molecule has 5 rings (SSSR count). The van der Waals surface area contributed by atoms with Gasteiger partial charge in [0.1, 0.15) is 28.3 Å². The van der Waals surface area contributed by atoms with E-state index in [1.807, 2.05) is 0 Å². The van der Waals surface area contributed by atoms with Crippen molar-refractivity contribution in [3.63, 3.8) is 0 Å². The van der Waals surface area contributed by atoms with E-state index in [0.29, 0.717) is 59.5 Å². The number of rotatable bonds is 9. The van der Waals surface area contributed by atoms with Crippen LogP contribution in [0.5, 0.6) is 11.5 Å². The predicted octanol–water partition coefficient (Wildman–Crippen LogP) is 2.67. The molecule has 1 saturated heterocycles. The molecule has 3 amide bonds. The summed E-state index contributed by atoms with van der Waals surface area (Å²) in [6.45, 7) is 3.88. The van der Waals surface area contributed by atoms with Gasteiger partial charge in [-0.15, -0.1) is 0 Å². The van der Waals surface area contributed by atoms with Crippen LogP contribution >= 0.6 is 11.3 Å². The molecule has 10 nitrogen and oxygen atoms in total. The fourth-order valence-electron chi connectivity index (χ4n) is 4.60. The molecule has 1 aromatic heterocycles. The van der Waals surface area contributed by atoms with E-state index in [4.69, 9.17) is 19.2 Å². The van der Waals surface area contributed by atoms with Crippen LogP contribution in [-0.4, -0.2) is 92.7 Å². The molecule has 1 fully saturated rings. The molecule has 0 N–H and O–H groups in total. The molecule has 3 heterocycles. The van der Waals surface area contributed by atoms with Crippen molar-refractivity contribution in [2.45, 2.75) is 6.42 Å². The van der Waals surface area contributed by atoms with E-state index in [1.54, 1.807) is 55.5 Å². The maximum atomic E-state index is 13.7. The van der Waals surface area contributed by atoms with Gasteiger partial charge in [-0.05, 0) is 30.7 Å². The number of morpholine rings is 1. The fourth-order valence-corrected chi connectivity index (χ4v) is 5.72. The average Bonchev–Trinajstić information content (AvgIpc) is 3.47. The van der Waals surface area contributed by atoms with E-state index in [9.17, 15) is 14.4 Å². The molecule has 11 heteroatoms. The molecular weight excluding hydrogens is 496 g/mol. The molecule has 2 aromatic carbocycles. The first-order valence-corrected chi connectivity index (χ1v) is 12.9. The number of carbonyl (C=O) groups excluding carboxylic acids is 3. The van der Waals surface area contributed by atoms with E-state index in [0.717, 1.165) is 29.2 Å². The Kier molecular flexibility index (Phi) is 7.36. The summed E-state index contributed by atoms with van der Waals surface area (Å²) < 4.78 is 17.2. The number of hydrogen-bond donors (Lipinski definition) is 0. The Labute approximate surface area is 218 Å². The number of ether oxygens (including phenoxy) is 3. The molecule has 0 aliphatic carbocycles. The summed E-state index contributed by atoms with van der Waals surface area (Å²) >= 11 is 1.31. The van der Waals surface area contributed by atoms with E-state index in [2.05, 4.69) is 4.90 Å². The Morgan fingerprint density at radius 2 is 1.68 bits per heavy atom. The predicted molar refractivity (Wildman–Crippen MR) is 139 cm³/mol.